The Labute approximate surface area is 357 Å². The number of halogens is 1. The van der Waals surface area contributed by atoms with Crippen molar-refractivity contribution in [1.82, 2.24) is 0 Å². The predicted octanol–water partition coefficient (Wildman–Crippen LogP) is 16.9. The van der Waals surface area contributed by atoms with Crippen molar-refractivity contribution >= 4 is 32.7 Å². The Morgan fingerprint density at radius 1 is 0.500 bits per heavy atom. The quantitative estimate of drug-likeness (QED) is 0.170. The van der Waals surface area contributed by atoms with Gasteiger partial charge in [0.1, 0.15) is 17.0 Å². The van der Waals surface area contributed by atoms with Gasteiger partial charge in [0, 0.05) is 16.2 Å². The zero-order valence-corrected chi connectivity index (χ0v) is 36.8. The summed E-state index contributed by atoms with van der Waals surface area (Å²) in [7, 11) is 0. The van der Waals surface area contributed by atoms with Gasteiger partial charge in [-0.05, 0) is 120 Å². The summed E-state index contributed by atoms with van der Waals surface area (Å²) in [5, 5.41) is 5.18. The summed E-state index contributed by atoms with van der Waals surface area (Å²) in [5.74, 6) is 0.496. The number of furan rings is 1. The van der Waals surface area contributed by atoms with Gasteiger partial charge in [-0.3, -0.25) is 0 Å². The van der Waals surface area contributed by atoms with Crippen LogP contribution in [-0.4, -0.2) is 0 Å². The lowest BCUT2D eigenvalue weighted by atomic mass is 9.81. The molecule has 8 aromatic carbocycles. The summed E-state index contributed by atoms with van der Waals surface area (Å²) >= 11 is 0. The van der Waals surface area contributed by atoms with Gasteiger partial charge in [-0.15, -0.1) is 0 Å². The van der Waals surface area contributed by atoms with Crippen LogP contribution in [0, 0.1) is 33.5 Å². The van der Waals surface area contributed by atoms with E-state index in [0.717, 1.165) is 23.2 Å². The minimum atomic E-state index is -0.162. The number of para-hydroxylation sites is 1. The maximum Gasteiger partial charge on any atom is 0.135 e. The molecule has 0 amide bonds. The van der Waals surface area contributed by atoms with Crippen molar-refractivity contribution in [2.24, 2.45) is 0 Å². The van der Waals surface area contributed by atoms with Crippen molar-refractivity contribution in [2.45, 2.75) is 80.1 Å². The van der Waals surface area contributed by atoms with Gasteiger partial charge >= 0.3 is 0 Å². The van der Waals surface area contributed by atoms with E-state index in [2.05, 4.69) is 165 Å². The van der Waals surface area contributed by atoms with Gasteiger partial charge in [-0.1, -0.05) is 197 Å². The summed E-state index contributed by atoms with van der Waals surface area (Å²) in [4.78, 5) is 0. The van der Waals surface area contributed by atoms with Crippen molar-refractivity contribution in [1.29, 1.82) is 0 Å². The van der Waals surface area contributed by atoms with Crippen LogP contribution in [0.4, 0.5) is 4.39 Å². The highest BCUT2D eigenvalue weighted by molar-refractivity contribution is 6.05. The first-order chi connectivity index (χ1) is 28.9. The molecule has 0 unspecified atom stereocenters. The molecule has 1 aliphatic rings. The Balaban J connectivity index is 0.000000135. The first kappa shape index (κ1) is 43.3. The van der Waals surface area contributed by atoms with E-state index in [9.17, 15) is 4.39 Å². The van der Waals surface area contributed by atoms with E-state index in [0.29, 0.717) is 5.92 Å². The molecule has 0 atom stereocenters. The van der Waals surface area contributed by atoms with Crippen LogP contribution in [-0.2, 0) is 11.8 Å². The highest BCUT2D eigenvalue weighted by Gasteiger charge is 2.36. The summed E-state index contributed by atoms with van der Waals surface area (Å²) < 4.78 is 18.0. The van der Waals surface area contributed by atoms with Crippen LogP contribution >= 0.6 is 0 Å². The molecule has 0 N–H and O–H groups in total. The fraction of sp³-hybridized carbons (Fsp3) is 0.207. The third-order valence-electron chi connectivity index (χ3n) is 11.3. The molecule has 0 aliphatic heterocycles. The molecule has 0 radical (unpaired) electrons. The van der Waals surface area contributed by atoms with Crippen molar-refractivity contribution in [3.8, 4) is 11.1 Å². The first-order valence-electron chi connectivity index (χ1n) is 21.2. The summed E-state index contributed by atoms with van der Waals surface area (Å²) in [5.41, 5.74) is 15.6. The largest absolute Gasteiger partial charge is 0.456 e. The fourth-order valence-electron chi connectivity index (χ4n) is 7.85. The van der Waals surface area contributed by atoms with Gasteiger partial charge in [0.05, 0.1) is 0 Å². The number of aryl methyl sites for hydroxylation is 5. The molecule has 1 aromatic heterocycles. The molecule has 0 bridgehead atoms. The van der Waals surface area contributed by atoms with E-state index < -0.39 is 0 Å². The average Bonchev–Trinajstić information content (AvgIpc) is 3.73. The minimum Gasteiger partial charge on any atom is -0.456 e. The molecule has 9 aromatic rings. The SMILES string of the molecule is CC(C)c1ccccc1.CCc1ccc2c(c1)oc1ccccc12.Cc1ccc2c(c1)C(C)(C)c1cc(C)c3ccccc3c1-2.Cc1cccc(F)c1.Cc1ccccc1. The highest BCUT2D eigenvalue weighted by atomic mass is 19.1. The van der Waals surface area contributed by atoms with Gasteiger partial charge in [-0.25, -0.2) is 4.39 Å². The lowest BCUT2D eigenvalue weighted by molar-refractivity contribution is 0.626. The summed E-state index contributed by atoms with van der Waals surface area (Å²) in [6.45, 7) is 19.6. The molecule has 2 heteroatoms. The molecule has 1 aliphatic carbocycles. The number of hydrogen-bond donors (Lipinski definition) is 0. The van der Waals surface area contributed by atoms with E-state index in [1.165, 1.54) is 83.7 Å². The van der Waals surface area contributed by atoms with E-state index in [1.54, 1.807) is 6.07 Å². The summed E-state index contributed by atoms with van der Waals surface area (Å²) in [6, 6.07) is 60.0. The number of hydrogen-bond acceptors (Lipinski definition) is 1. The third kappa shape index (κ3) is 10.3. The molecule has 1 nitrogen and oxygen atoms in total. The average molecular weight is 791 g/mol. The lowest BCUT2D eigenvalue weighted by Crippen LogP contribution is -2.15. The second kappa shape index (κ2) is 19.7. The van der Waals surface area contributed by atoms with Crippen LogP contribution < -0.4 is 0 Å². The molecule has 60 heavy (non-hydrogen) atoms. The Morgan fingerprint density at radius 3 is 1.67 bits per heavy atom. The second-order valence-electron chi connectivity index (χ2n) is 16.6. The van der Waals surface area contributed by atoms with E-state index in [4.69, 9.17) is 4.42 Å². The topological polar surface area (TPSA) is 13.1 Å². The van der Waals surface area contributed by atoms with Crippen LogP contribution in [0.1, 0.15) is 85.0 Å². The maximum atomic E-state index is 12.2. The molecule has 1 heterocycles. The maximum absolute atomic E-state index is 12.2. The van der Waals surface area contributed by atoms with Gasteiger partial charge in [-0.2, -0.15) is 0 Å². The third-order valence-corrected chi connectivity index (χ3v) is 11.3. The van der Waals surface area contributed by atoms with E-state index >= 15 is 0 Å². The molecular formula is C58H59FO. The Bertz CT molecular complexity index is 2770. The number of fused-ring (bicyclic) bond motifs is 8. The lowest BCUT2D eigenvalue weighted by Gasteiger charge is -2.22. The Hall–Kier alpha value is -6.25. The molecule has 0 fully saturated rings. The highest BCUT2D eigenvalue weighted by Crippen LogP contribution is 2.52. The molecule has 10 rings (SSSR count). The smallest absolute Gasteiger partial charge is 0.135 e. The van der Waals surface area contributed by atoms with Gasteiger partial charge < -0.3 is 4.42 Å². The Morgan fingerprint density at radius 2 is 1.08 bits per heavy atom. The predicted molar refractivity (Wildman–Crippen MR) is 257 cm³/mol. The van der Waals surface area contributed by atoms with Gasteiger partial charge in [0.2, 0.25) is 0 Å². The number of benzene rings is 8. The monoisotopic (exact) mass is 790 g/mol. The zero-order chi connectivity index (χ0) is 42.8. The van der Waals surface area contributed by atoms with Gasteiger partial charge in [0.25, 0.3) is 0 Å². The normalized spacial score (nSPS) is 11.8. The molecule has 0 saturated carbocycles. The first-order valence-corrected chi connectivity index (χ1v) is 21.2. The fourth-order valence-corrected chi connectivity index (χ4v) is 7.85. The van der Waals surface area contributed by atoms with Gasteiger partial charge in [0.15, 0.2) is 0 Å². The molecule has 304 valence electrons. The van der Waals surface area contributed by atoms with Crippen LogP contribution in [0.3, 0.4) is 0 Å². The van der Waals surface area contributed by atoms with Crippen LogP contribution in [0.25, 0.3) is 43.8 Å². The second-order valence-corrected chi connectivity index (χ2v) is 16.6. The van der Waals surface area contributed by atoms with Crippen molar-refractivity contribution < 1.29 is 8.81 Å². The zero-order valence-electron chi connectivity index (χ0n) is 36.8. The van der Waals surface area contributed by atoms with Crippen molar-refractivity contribution in [3.63, 3.8) is 0 Å². The molecule has 0 spiro atoms. The number of rotatable bonds is 2. The van der Waals surface area contributed by atoms with Crippen LogP contribution in [0.2, 0.25) is 0 Å². The van der Waals surface area contributed by atoms with E-state index in [-0.39, 0.29) is 11.2 Å². The van der Waals surface area contributed by atoms with Crippen LogP contribution in [0.15, 0.2) is 180 Å². The van der Waals surface area contributed by atoms with Crippen LogP contribution in [0.5, 0.6) is 0 Å². The van der Waals surface area contributed by atoms with E-state index in [1.807, 2.05) is 55.5 Å². The molecular weight excluding hydrogens is 732 g/mol. The summed E-state index contributed by atoms with van der Waals surface area (Å²) in [6.07, 6.45) is 1.05. The van der Waals surface area contributed by atoms with Crippen molar-refractivity contribution in [2.75, 3.05) is 0 Å². The Kier molecular flexibility index (Phi) is 14.2. The molecule has 0 saturated heterocycles. The minimum absolute atomic E-state index is 0.0888. The van der Waals surface area contributed by atoms with Crippen molar-refractivity contribution in [3.05, 3.63) is 226 Å². The standard InChI is InChI=1S/C21H20.C14H12O.C9H12.C7H7F.C7H8/c1-13-9-10-17-18(11-13)21(3,4)19-12-14(2)15-7-5-6-8-16(15)20(17)19;1-2-10-7-8-12-11-5-3-4-6-13(11)15-14(12)9-10;1-8(2)9-6-4-3-5-7-9;1-6-3-2-4-7(8)5-6;1-7-5-3-2-4-6-7/h5-12H,1-4H3;3-9H,2H2,1H3;3-8H,1-2H3;2-5H,1H3;2-6H,1H3.